The van der Waals surface area contributed by atoms with Crippen LogP contribution in [0.3, 0.4) is 0 Å². The van der Waals surface area contributed by atoms with Gasteiger partial charge in [0.25, 0.3) is 0 Å². The summed E-state index contributed by atoms with van der Waals surface area (Å²) in [5.41, 5.74) is 1.12. The minimum atomic E-state index is -0.790. The number of aryl methyl sites for hydroxylation is 1. The number of thiazole rings is 1. The summed E-state index contributed by atoms with van der Waals surface area (Å²) in [6.45, 7) is 3.64. The molecule has 4 nitrogen and oxygen atoms in total. The monoisotopic (exact) mass is 275 g/mol. The highest BCUT2D eigenvalue weighted by molar-refractivity contribution is 7.13. The topological polar surface area (TPSA) is 49.2 Å². The molecule has 1 N–H and O–H groups in total. The Labute approximate surface area is 116 Å². The summed E-state index contributed by atoms with van der Waals surface area (Å²) >= 11 is 1.64. The molecule has 1 aliphatic rings. The summed E-state index contributed by atoms with van der Waals surface area (Å²) < 4.78 is 0. The van der Waals surface area contributed by atoms with Crippen LogP contribution in [0.25, 0.3) is 0 Å². The maximum Gasteiger partial charge on any atom is 0.185 e. The Hall–Kier alpha value is -1.46. The molecule has 1 aliphatic heterocycles. The maximum atomic E-state index is 10.7. The first-order valence-electron chi connectivity index (χ1n) is 6.47. The number of aliphatic hydroxyl groups is 1. The number of aromatic nitrogens is 2. The van der Waals surface area contributed by atoms with Gasteiger partial charge >= 0.3 is 0 Å². The average Bonchev–Trinajstić information content (AvgIpc) is 2.94. The lowest BCUT2D eigenvalue weighted by Gasteiger charge is -2.37. The molecule has 0 amide bonds. The number of anilines is 1. The molecule has 100 valence electrons. The second-order valence-electron chi connectivity index (χ2n) is 5.05. The van der Waals surface area contributed by atoms with Gasteiger partial charge < -0.3 is 10.0 Å². The highest BCUT2D eigenvalue weighted by Crippen LogP contribution is 2.33. The number of hydrogen-bond donors (Lipinski definition) is 1. The minimum Gasteiger partial charge on any atom is -0.383 e. The SMILES string of the molecule is Cc1ccc(C2(O)CCN(c3nccs3)CC2)nc1. The molecule has 0 spiro atoms. The van der Waals surface area contributed by atoms with Crippen LogP contribution in [-0.2, 0) is 5.60 Å². The highest BCUT2D eigenvalue weighted by Gasteiger charge is 2.35. The van der Waals surface area contributed by atoms with Gasteiger partial charge in [-0.15, -0.1) is 11.3 Å². The van der Waals surface area contributed by atoms with Crippen LogP contribution in [0, 0.1) is 6.92 Å². The van der Waals surface area contributed by atoms with E-state index in [4.69, 9.17) is 0 Å². The molecule has 0 atom stereocenters. The Balaban J connectivity index is 1.73. The van der Waals surface area contributed by atoms with Crippen molar-refractivity contribution in [2.75, 3.05) is 18.0 Å². The van der Waals surface area contributed by atoms with E-state index in [1.54, 1.807) is 11.3 Å². The molecular weight excluding hydrogens is 258 g/mol. The van der Waals surface area contributed by atoms with Crippen molar-refractivity contribution < 1.29 is 5.11 Å². The van der Waals surface area contributed by atoms with Crippen molar-refractivity contribution in [3.63, 3.8) is 0 Å². The molecule has 3 rings (SSSR count). The van der Waals surface area contributed by atoms with Gasteiger partial charge in [0, 0.05) is 30.9 Å². The van der Waals surface area contributed by atoms with Crippen LogP contribution in [0.1, 0.15) is 24.1 Å². The van der Waals surface area contributed by atoms with Crippen LogP contribution < -0.4 is 4.90 Å². The molecule has 0 bridgehead atoms. The molecule has 5 heteroatoms. The van der Waals surface area contributed by atoms with Crippen molar-refractivity contribution in [1.29, 1.82) is 0 Å². The molecule has 1 fully saturated rings. The Morgan fingerprint density at radius 1 is 1.26 bits per heavy atom. The molecule has 1 saturated heterocycles. The van der Waals surface area contributed by atoms with Gasteiger partial charge in [0.05, 0.1) is 5.69 Å². The molecule has 2 aromatic heterocycles. The maximum absolute atomic E-state index is 10.7. The fraction of sp³-hybridized carbons (Fsp3) is 0.429. The highest BCUT2D eigenvalue weighted by atomic mass is 32.1. The van der Waals surface area contributed by atoms with Gasteiger partial charge in [-0.3, -0.25) is 4.98 Å². The molecule has 2 aromatic rings. The van der Waals surface area contributed by atoms with E-state index in [1.165, 1.54) is 0 Å². The van der Waals surface area contributed by atoms with Crippen molar-refractivity contribution in [3.05, 3.63) is 41.2 Å². The predicted octanol–water partition coefficient (Wildman–Crippen LogP) is 2.33. The largest absolute Gasteiger partial charge is 0.383 e. The van der Waals surface area contributed by atoms with Gasteiger partial charge in [0.1, 0.15) is 5.60 Å². The number of rotatable bonds is 2. The Bertz CT molecular complexity index is 530. The van der Waals surface area contributed by atoms with Crippen LogP contribution in [0.2, 0.25) is 0 Å². The zero-order valence-corrected chi connectivity index (χ0v) is 11.7. The number of pyridine rings is 1. The second kappa shape index (κ2) is 4.90. The van der Waals surface area contributed by atoms with E-state index < -0.39 is 5.60 Å². The summed E-state index contributed by atoms with van der Waals surface area (Å²) in [6, 6.07) is 3.95. The van der Waals surface area contributed by atoms with Crippen molar-refractivity contribution in [2.24, 2.45) is 0 Å². The molecule has 0 radical (unpaired) electrons. The Morgan fingerprint density at radius 3 is 2.63 bits per heavy atom. The lowest BCUT2D eigenvalue weighted by Crippen LogP contribution is -2.43. The quantitative estimate of drug-likeness (QED) is 0.914. The third kappa shape index (κ3) is 2.48. The third-order valence-electron chi connectivity index (χ3n) is 3.67. The van der Waals surface area contributed by atoms with Crippen LogP contribution in [-0.4, -0.2) is 28.2 Å². The molecule has 0 aromatic carbocycles. The van der Waals surface area contributed by atoms with E-state index >= 15 is 0 Å². The van der Waals surface area contributed by atoms with E-state index in [0.29, 0.717) is 12.8 Å². The predicted molar refractivity (Wildman–Crippen MR) is 76.4 cm³/mol. The van der Waals surface area contributed by atoms with Crippen LogP contribution >= 0.6 is 11.3 Å². The van der Waals surface area contributed by atoms with Crippen molar-refractivity contribution in [2.45, 2.75) is 25.4 Å². The second-order valence-corrected chi connectivity index (χ2v) is 5.93. The standard InChI is InChI=1S/C14H17N3OS/c1-11-2-3-12(16-10-11)14(18)4-7-17(8-5-14)13-15-6-9-19-13/h2-3,6,9-10,18H,4-5,7-8H2,1H3. The molecule has 3 heterocycles. The van der Waals surface area contributed by atoms with Gasteiger partial charge in [-0.2, -0.15) is 0 Å². The fourth-order valence-electron chi connectivity index (χ4n) is 2.44. The van der Waals surface area contributed by atoms with Crippen molar-refractivity contribution in [1.82, 2.24) is 9.97 Å². The van der Waals surface area contributed by atoms with E-state index in [2.05, 4.69) is 14.9 Å². The zero-order chi connectivity index (χ0) is 13.3. The van der Waals surface area contributed by atoms with E-state index in [1.807, 2.05) is 36.8 Å². The Kier molecular flexibility index (Phi) is 3.24. The average molecular weight is 275 g/mol. The molecule has 19 heavy (non-hydrogen) atoms. The molecule has 0 unspecified atom stereocenters. The fourth-order valence-corrected chi connectivity index (χ4v) is 3.14. The number of nitrogens with zero attached hydrogens (tertiary/aromatic N) is 3. The van der Waals surface area contributed by atoms with E-state index in [0.717, 1.165) is 29.5 Å². The lowest BCUT2D eigenvalue weighted by atomic mass is 9.88. The summed E-state index contributed by atoms with van der Waals surface area (Å²) in [7, 11) is 0. The first-order valence-corrected chi connectivity index (χ1v) is 7.35. The van der Waals surface area contributed by atoms with Gasteiger partial charge in [-0.1, -0.05) is 6.07 Å². The first kappa shape index (κ1) is 12.6. The number of piperidine rings is 1. The van der Waals surface area contributed by atoms with Crippen LogP contribution in [0.4, 0.5) is 5.13 Å². The molecule has 0 aliphatic carbocycles. The van der Waals surface area contributed by atoms with Gasteiger partial charge in [0.15, 0.2) is 5.13 Å². The van der Waals surface area contributed by atoms with Crippen molar-refractivity contribution in [3.8, 4) is 0 Å². The smallest absolute Gasteiger partial charge is 0.185 e. The summed E-state index contributed by atoms with van der Waals surface area (Å²) in [5.74, 6) is 0. The summed E-state index contributed by atoms with van der Waals surface area (Å²) in [6.07, 6.45) is 5.04. The molecular formula is C14H17N3OS. The first-order chi connectivity index (χ1) is 9.17. The van der Waals surface area contributed by atoms with E-state index in [-0.39, 0.29) is 0 Å². The summed E-state index contributed by atoms with van der Waals surface area (Å²) in [5, 5.41) is 13.8. The van der Waals surface area contributed by atoms with Crippen LogP contribution in [0.15, 0.2) is 29.9 Å². The third-order valence-corrected chi connectivity index (χ3v) is 4.50. The van der Waals surface area contributed by atoms with Crippen molar-refractivity contribution >= 4 is 16.5 Å². The van der Waals surface area contributed by atoms with Gasteiger partial charge in [0.2, 0.25) is 0 Å². The number of hydrogen-bond acceptors (Lipinski definition) is 5. The summed E-state index contributed by atoms with van der Waals surface area (Å²) in [4.78, 5) is 10.9. The normalized spacial score (nSPS) is 18.5. The van der Waals surface area contributed by atoms with Gasteiger partial charge in [-0.25, -0.2) is 4.98 Å². The lowest BCUT2D eigenvalue weighted by molar-refractivity contribution is 0.00759. The minimum absolute atomic E-state index is 0.697. The van der Waals surface area contributed by atoms with E-state index in [9.17, 15) is 5.11 Å². The molecule has 0 saturated carbocycles. The Morgan fingerprint density at radius 2 is 2.05 bits per heavy atom. The zero-order valence-electron chi connectivity index (χ0n) is 10.9. The van der Waals surface area contributed by atoms with Gasteiger partial charge in [-0.05, 0) is 31.4 Å². The van der Waals surface area contributed by atoms with Crippen LogP contribution in [0.5, 0.6) is 0 Å².